The summed E-state index contributed by atoms with van der Waals surface area (Å²) in [7, 11) is 0. The number of hydrogen-bond donors (Lipinski definition) is 1. The predicted octanol–water partition coefficient (Wildman–Crippen LogP) is 6.21. The molecule has 6 rings (SSSR count). The number of carboxylic acid groups (broad SMARTS) is 1. The minimum atomic E-state index is -0.855. The molecule has 1 aromatic heterocycles. The Bertz CT molecular complexity index is 1510. The zero-order valence-corrected chi connectivity index (χ0v) is 21.9. The summed E-state index contributed by atoms with van der Waals surface area (Å²) in [6.07, 6.45) is 3.09. The summed E-state index contributed by atoms with van der Waals surface area (Å²) >= 11 is 0. The lowest BCUT2D eigenvalue weighted by Gasteiger charge is -2.41. The number of aromatic nitrogens is 2. The van der Waals surface area contributed by atoms with Gasteiger partial charge in [-0.3, -0.25) is 0 Å². The van der Waals surface area contributed by atoms with E-state index in [0.29, 0.717) is 37.8 Å². The van der Waals surface area contributed by atoms with Gasteiger partial charge < -0.3 is 19.3 Å². The number of nitrogens with zero attached hydrogens (tertiary/aromatic N) is 4. The van der Waals surface area contributed by atoms with Crippen LogP contribution in [0.1, 0.15) is 42.6 Å². The molecule has 39 heavy (non-hydrogen) atoms. The zero-order chi connectivity index (χ0) is 26.8. The summed E-state index contributed by atoms with van der Waals surface area (Å²) < 4.78 is 8.77. The highest BCUT2D eigenvalue weighted by atomic mass is 16.5. The monoisotopic (exact) mass is 520 g/mol. The van der Waals surface area contributed by atoms with E-state index in [1.807, 2.05) is 42.5 Å². The van der Waals surface area contributed by atoms with Crippen LogP contribution in [0.3, 0.4) is 0 Å². The van der Waals surface area contributed by atoms with Gasteiger partial charge in [0.1, 0.15) is 12.4 Å². The van der Waals surface area contributed by atoms with E-state index in [9.17, 15) is 9.90 Å². The number of hydrogen-bond acceptors (Lipinski definition) is 4. The Morgan fingerprint density at radius 3 is 2.41 bits per heavy atom. The van der Waals surface area contributed by atoms with Gasteiger partial charge in [-0.25, -0.2) is 9.78 Å². The molecule has 7 nitrogen and oxygen atoms in total. The van der Waals surface area contributed by atoms with E-state index >= 15 is 0 Å². The Hall–Kier alpha value is -4.15. The van der Waals surface area contributed by atoms with Crippen molar-refractivity contribution in [3.05, 3.63) is 89.7 Å². The number of fused-ring (bicyclic) bond motifs is 1. The van der Waals surface area contributed by atoms with Crippen LogP contribution in [-0.4, -0.2) is 45.3 Å². The molecule has 1 amide bonds. The quantitative estimate of drug-likeness (QED) is 0.298. The molecule has 0 bridgehead atoms. The van der Waals surface area contributed by atoms with Gasteiger partial charge in [-0.05, 0) is 72.6 Å². The topological polar surface area (TPSA) is 91.4 Å². The Balaban J connectivity index is 1.25. The number of likely N-dealkylation sites (tertiary alicyclic amines) is 1. The molecule has 2 heterocycles. The fourth-order valence-corrected chi connectivity index (χ4v) is 5.73. The van der Waals surface area contributed by atoms with Gasteiger partial charge in [-0.15, -0.1) is 0 Å². The lowest BCUT2D eigenvalue weighted by molar-refractivity contribution is 0.0334. The van der Waals surface area contributed by atoms with Crippen molar-refractivity contribution in [3.63, 3.8) is 0 Å². The number of rotatable bonds is 8. The smallest absolute Gasteiger partial charge is 0.407 e. The summed E-state index contributed by atoms with van der Waals surface area (Å²) in [5.74, 6) is 1.61. The third kappa shape index (κ3) is 5.25. The van der Waals surface area contributed by atoms with Crippen molar-refractivity contribution in [2.24, 2.45) is 5.92 Å². The summed E-state index contributed by atoms with van der Waals surface area (Å²) in [5.41, 5.74) is 5.88. The Labute approximate surface area is 228 Å². The van der Waals surface area contributed by atoms with Crippen molar-refractivity contribution in [1.82, 2.24) is 14.5 Å². The van der Waals surface area contributed by atoms with Crippen molar-refractivity contribution in [3.8, 4) is 17.2 Å². The van der Waals surface area contributed by atoms with E-state index in [4.69, 9.17) is 15.0 Å². The van der Waals surface area contributed by atoms with Crippen LogP contribution in [0.4, 0.5) is 4.79 Å². The van der Waals surface area contributed by atoms with E-state index in [0.717, 1.165) is 47.4 Å². The van der Waals surface area contributed by atoms with E-state index in [-0.39, 0.29) is 5.41 Å². The van der Waals surface area contributed by atoms with Crippen LogP contribution >= 0.6 is 0 Å². The molecule has 1 aliphatic heterocycles. The van der Waals surface area contributed by atoms with Crippen molar-refractivity contribution in [2.75, 3.05) is 19.7 Å². The molecular weight excluding hydrogens is 488 g/mol. The second-order valence-electron chi connectivity index (χ2n) is 10.9. The molecule has 0 unspecified atom stereocenters. The van der Waals surface area contributed by atoms with Gasteiger partial charge in [-0.2, -0.15) is 5.26 Å². The van der Waals surface area contributed by atoms with Crippen molar-refractivity contribution >= 4 is 17.1 Å². The van der Waals surface area contributed by atoms with Crippen molar-refractivity contribution in [1.29, 1.82) is 5.26 Å². The molecule has 7 heteroatoms. The molecule has 2 fully saturated rings. The van der Waals surface area contributed by atoms with Gasteiger partial charge in [0.15, 0.2) is 0 Å². The molecule has 1 N–H and O–H groups in total. The molecular formula is C32H32N4O3. The molecule has 4 aromatic rings. The van der Waals surface area contributed by atoms with E-state index in [1.165, 1.54) is 23.3 Å². The maximum Gasteiger partial charge on any atom is 0.407 e. The van der Waals surface area contributed by atoms with Gasteiger partial charge in [0, 0.05) is 25.0 Å². The summed E-state index contributed by atoms with van der Waals surface area (Å²) in [6, 6.07) is 26.6. The highest BCUT2D eigenvalue weighted by molar-refractivity contribution is 5.83. The Kier molecular flexibility index (Phi) is 6.80. The molecule has 2 aliphatic rings. The largest absolute Gasteiger partial charge is 0.465 e. The fourth-order valence-electron chi connectivity index (χ4n) is 5.73. The molecule has 3 aromatic carbocycles. The molecule has 0 atom stereocenters. The van der Waals surface area contributed by atoms with Crippen LogP contribution in [0.15, 0.2) is 72.8 Å². The van der Waals surface area contributed by atoms with Crippen molar-refractivity contribution in [2.45, 2.75) is 44.2 Å². The summed E-state index contributed by atoms with van der Waals surface area (Å²) in [4.78, 5) is 18.0. The predicted molar refractivity (Wildman–Crippen MR) is 149 cm³/mol. The highest BCUT2D eigenvalue weighted by Crippen LogP contribution is 2.37. The molecule has 1 aliphatic carbocycles. The van der Waals surface area contributed by atoms with E-state index in [1.54, 1.807) is 0 Å². The van der Waals surface area contributed by atoms with Gasteiger partial charge in [0.05, 0.1) is 29.3 Å². The minimum absolute atomic E-state index is 0.219. The van der Waals surface area contributed by atoms with Gasteiger partial charge in [0.2, 0.25) is 0 Å². The molecule has 198 valence electrons. The number of nitriles is 1. The first-order valence-corrected chi connectivity index (χ1v) is 13.7. The lowest BCUT2D eigenvalue weighted by atomic mass is 9.73. The summed E-state index contributed by atoms with van der Waals surface area (Å²) in [6.45, 7) is 2.87. The van der Waals surface area contributed by atoms with Crippen LogP contribution < -0.4 is 0 Å². The minimum Gasteiger partial charge on any atom is -0.465 e. The number of imidazole rings is 1. The SMILES string of the molecule is N#Cc1ccc(-c2ccc3nc(COCC4(c5ccccc5)CCN(C(=O)O)CC4)n(CC4CC4)c3c2)cc1. The third-order valence-corrected chi connectivity index (χ3v) is 8.30. The fraction of sp³-hybridized carbons (Fsp3) is 0.344. The second-order valence-corrected chi connectivity index (χ2v) is 10.9. The van der Waals surface area contributed by atoms with Gasteiger partial charge in [-0.1, -0.05) is 48.5 Å². The van der Waals surface area contributed by atoms with Crippen molar-refractivity contribution < 1.29 is 14.6 Å². The standard InChI is InChI=1S/C32H32N4O3/c33-19-23-8-10-25(11-9-23)26-12-13-28-29(18-26)36(20-24-6-7-24)30(34-28)21-39-22-32(27-4-2-1-3-5-27)14-16-35(17-15-32)31(37)38/h1-5,8-13,18,24H,6-7,14-17,20-22H2,(H,37,38). The molecule has 0 spiro atoms. The highest BCUT2D eigenvalue weighted by Gasteiger charge is 2.38. The Morgan fingerprint density at radius 1 is 1.03 bits per heavy atom. The van der Waals surface area contributed by atoms with E-state index in [2.05, 4.69) is 41.0 Å². The average molecular weight is 521 g/mol. The number of benzene rings is 3. The zero-order valence-electron chi connectivity index (χ0n) is 21.9. The number of piperidine rings is 1. The second kappa shape index (κ2) is 10.5. The molecule has 1 saturated carbocycles. The maximum atomic E-state index is 11.5. The lowest BCUT2D eigenvalue weighted by Crippen LogP contribution is -2.47. The number of ether oxygens (including phenoxy) is 1. The first-order chi connectivity index (χ1) is 19.0. The van der Waals surface area contributed by atoms with Gasteiger partial charge >= 0.3 is 6.09 Å². The van der Waals surface area contributed by atoms with Crippen LogP contribution in [0.5, 0.6) is 0 Å². The van der Waals surface area contributed by atoms with Crippen LogP contribution in [-0.2, 0) is 23.3 Å². The van der Waals surface area contributed by atoms with Crippen LogP contribution in [0, 0.1) is 17.2 Å². The molecule has 1 saturated heterocycles. The first-order valence-electron chi connectivity index (χ1n) is 13.7. The molecule has 0 radical (unpaired) electrons. The number of carbonyl (C=O) groups is 1. The summed E-state index contributed by atoms with van der Waals surface area (Å²) in [5, 5.41) is 18.6. The number of amides is 1. The normalized spacial score (nSPS) is 16.7. The first kappa shape index (κ1) is 25.1. The van der Waals surface area contributed by atoms with E-state index < -0.39 is 6.09 Å². The maximum absolute atomic E-state index is 11.5. The van der Waals surface area contributed by atoms with Crippen LogP contribution in [0.2, 0.25) is 0 Å². The Morgan fingerprint density at radius 2 is 1.74 bits per heavy atom. The average Bonchev–Trinajstić information content (AvgIpc) is 3.74. The third-order valence-electron chi connectivity index (χ3n) is 8.30. The van der Waals surface area contributed by atoms with Gasteiger partial charge in [0.25, 0.3) is 0 Å². The van der Waals surface area contributed by atoms with Crippen LogP contribution in [0.25, 0.3) is 22.2 Å².